The van der Waals surface area contributed by atoms with Gasteiger partial charge in [0.1, 0.15) is 23.5 Å². The maximum Gasteiger partial charge on any atom is 0.278 e. The first-order valence-corrected chi connectivity index (χ1v) is 12.2. The minimum Gasteiger partial charge on any atom is -0.593 e. The van der Waals surface area contributed by atoms with Crippen LogP contribution in [0.2, 0.25) is 0 Å². The third-order valence-corrected chi connectivity index (χ3v) is 5.97. The molecule has 1 amide bonds. The Bertz CT molecular complexity index is 1060. The summed E-state index contributed by atoms with van der Waals surface area (Å²) in [6.07, 6.45) is 7.85. The Kier molecular flexibility index (Phi) is 10.2. The van der Waals surface area contributed by atoms with Gasteiger partial charge in [-0.1, -0.05) is 25.1 Å². The lowest BCUT2D eigenvalue weighted by atomic mass is 10.1. The molecule has 0 aliphatic carbocycles. The first kappa shape index (κ1) is 27.0. The highest BCUT2D eigenvalue weighted by molar-refractivity contribution is 7.92. The van der Waals surface area contributed by atoms with E-state index in [1.165, 1.54) is 13.3 Å². The van der Waals surface area contributed by atoms with E-state index < -0.39 is 17.3 Å². The van der Waals surface area contributed by atoms with Crippen LogP contribution in [-0.2, 0) is 20.9 Å². The summed E-state index contributed by atoms with van der Waals surface area (Å²) in [5, 5.41) is 6.57. The molecule has 1 aromatic carbocycles. The fourth-order valence-electron chi connectivity index (χ4n) is 3.14. The molecule has 3 N–H and O–H groups in total. The quantitative estimate of drug-likeness (QED) is 0.185. The van der Waals surface area contributed by atoms with Gasteiger partial charge in [-0.05, 0) is 38.0 Å². The molecule has 0 saturated heterocycles. The van der Waals surface area contributed by atoms with Crippen LogP contribution in [0.3, 0.4) is 0 Å². The van der Waals surface area contributed by atoms with Crippen LogP contribution in [0.25, 0.3) is 0 Å². The number of nitrogens with one attached hydrogen (secondary N) is 3. The molecule has 9 nitrogen and oxygen atoms in total. The molecule has 2 aromatic rings. The number of hydrogen-bond acceptors (Lipinski definition) is 8. The van der Waals surface area contributed by atoms with Crippen LogP contribution in [-0.4, -0.2) is 43.0 Å². The number of aromatic nitrogens is 1. The SMILES string of the molecule is CC/C=C\C(Nc1cc(Nc2cccc(C)c2N(C)[S+](C)[O-])c(C(=O)NOC)cn1)=C(/C)OC. The number of pyridine rings is 1. The number of hydroxylamine groups is 1. The van der Waals surface area contributed by atoms with Gasteiger partial charge in [0, 0.05) is 12.3 Å². The summed E-state index contributed by atoms with van der Waals surface area (Å²) in [5.74, 6) is 0.737. The number of methoxy groups -OCH3 is 1. The Morgan fingerprint density at radius 3 is 2.65 bits per heavy atom. The maximum absolute atomic E-state index is 12.6. The van der Waals surface area contributed by atoms with Crippen LogP contribution in [0.1, 0.15) is 36.2 Å². The number of anilines is 4. The standard InChI is InChI=1S/C24H33N5O4S/c1-8-9-12-19(17(3)32-5)27-22-14-21(18(15-25-22)24(30)28-33-6)26-20-13-10-11-16(2)23(20)29(4)34(7)31/h9-15H,8H2,1-7H3,(H,28,30)(H2,25,26,27)/b12-9-,19-17-. The summed E-state index contributed by atoms with van der Waals surface area (Å²) >= 11 is -1.24. The Balaban J connectivity index is 2.57. The van der Waals surface area contributed by atoms with Gasteiger partial charge in [-0.25, -0.2) is 10.5 Å². The molecule has 0 spiro atoms. The van der Waals surface area contributed by atoms with Crippen LogP contribution >= 0.6 is 0 Å². The van der Waals surface area contributed by atoms with Gasteiger partial charge in [0.2, 0.25) is 0 Å². The number of carbonyl (C=O) groups excluding carboxylic acids is 1. The van der Waals surface area contributed by atoms with Crippen molar-refractivity contribution in [3.63, 3.8) is 0 Å². The fraction of sp³-hybridized carbons (Fsp3) is 0.333. The molecular formula is C24H33N5O4S. The van der Waals surface area contributed by atoms with E-state index in [1.54, 1.807) is 30.8 Å². The van der Waals surface area contributed by atoms with Crippen molar-refractivity contribution in [3.05, 3.63) is 65.2 Å². The van der Waals surface area contributed by atoms with E-state index >= 15 is 0 Å². The van der Waals surface area contributed by atoms with Crippen molar-refractivity contribution in [1.82, 2.24) is 10.5 Å². The highest BCUT2D eigenvalue weighted by Crippen LogP contribution is 2.34. The predicted octanol–water partition coefficient (Wildman–Crippen LogP) is 4.41. The van der Waals surface area contributed by atoms with E-state index in [2.05, 4.69) is 21.1 Å². The van der Waals surface area contributed by atoms with E-state index in [1.807, 2.05) is 51.1 Å². The molecule has 34 heavy (non-hydrogen) atoms. The van der Waals surface area contributed by atoms with E-state index in [4.69, 9.17) is 9.57 Å². The second kappa shape index (κ2) is 12.9. The number of carbonyl (C=O) groups is 1. The lowest BCUT2D eigenvalue weighted by molar-refractivity contribution is 0.0538. The molecule has 184 valence electrons. The second-order valence-electron chi connectivity index (χ2n) is 7.38. The summed E-state index contributed by atoms with van der Waals surface area (Å²) in [6, 6.07) is 7.41. The van der Waals surface area contributed by atoms with Crippen molar-refractivity contribution < 1.29 is 18.9 Å². The summed E-state index contributed by atoms with van der Waals surface area (Å²) in [4.78, 5) is 21.9. The Hall–Kier alpha value is -3.21. The number of hydrogen-bond donors (Lipinski definition) is 3. The van der Waals surface area contributed by atoms with Gasteiger partial charge in [-0.15, -0.1) is 0 Å². The highest BCUT2D eigenvalue weighted by atomic mass is 32.2. The largest absolute Gasteiger partial charge is 0.593 e. The number of aryl methyl sites for hydroxylation is 1. The molecule has 0 aliphatic rings. The van der Waals surface area contributed by atoms with Crippen molar-refractivity contribution in [2.24, 2.45) is 0 Å². The molecule has 0 aliphatic heterocycles. The first-order chi connectivity index (χ1) is 16.2. The molecule has 1 aromatic heterocycles. The monoisotopic (exact) mass is 487 g/mol. The van der Waals surface area contributed by atoms with Gasteiger partial charge >= 0.3 is 0 Å². The van der Waals surface area contributed by atoms with Crippen molar-refractivity contribution in [3.8, 4) is 0 Å². The number of amides is 1. The molecule has 10 heteroatoms. The number of allylic oxidation sites excluding steroid dienone is 3. The Morgan fingerprint density at radius 1 is 1.29 bits per heavy atom. The van der Waals surface area contributed by atoms with Crippen molar-refractivity contribution >= 4 is 40.1 Å². The third kappa shape index (κ3) is 6.89. The zero-order valence-corrected chi connectivity index (χ0v) is 21.5. The smallest absolute Gasteiger partial charge is 0.278 e. The van der Waals surface area contributed by atoms with E-state index in [-0.39, 0.29) is 5.56 Å². The number of benzene rings is 1. The van der Waals surface area contributed by atoms with E-state index in [0.717, 1.165) is 23.4 Å². The molecule has 0 saturated carbocycles. The fourth-order valence-corrected chi connectivity index (χ4v) is 3.64. The number of ether oxygens (including phenoxy) is 1. The molecule has 1 heterocycles. The van der Waals surface area contributed by atoms with Crippen molar-refractivity contribution in [2.45, 2.75) is 27.2 Å². The first-order valence-electron chi connectivity index (χ1n) is 10.7. The predicted molar refractivity (Wildman–Crippen MR) is 138 cm³/mol. The lowest BCUT2D eigenvalue weighted by Gasteiger charge is -2.24. The number of rotatable bonds is 11. The Morgan fingerprint density at radius 2 is 2.03 bits per heavy atom. The van der Waals surface area contributed by atoms with Gasteiger partial charge < -0.3 is 19.9 Å². The van der Waals surface area contributed by atoms with Crippen molar-refractivity contribution in [2.75, 3.05) is 42.5 Å². The zero-order valence-electron chi connectivity index (χ0n) is 20.7. The topological polar surface area (TPSA) is 111 Å². The molecule has 0 fully saturated rings. The average molecular weight is 488 g/mol. The minimum absolute atomic E-state index is 0.276. The molecule has 1 unspecified atom stereocenters. The van der Waals surface area contributed by atoms with Crippen LogP contribution in [0.5, 0.6) is 0 Å². The van der Waals surface area contributed by atoms with Gasteiger partial charge in [-0.2, -0.15) is 4.31 Å². The van der Waals surface area contributed by atoms with E-state index in [9.17, 15) is 9.35 Å². The van der Waals surface area contributed by atoms with Gasteiger partial charge in [0.25, 0.3) is 5.91 Å². The summed E-state index contributed by atoms with van der Waals surface area (Å²) in [6.45, 7) is 5.83. The lowest BCUT2D eigenvalue weighted by Crippen LogP contribution is -2.26. The normalized spacial score (nSPS) is 12.7. The van der Waals surface area contributed by atoms with E-state index in [0.29, 0.717) is 23.0 Å². The van der Waals surface area contributed by atoms with Crippen LogP contribution in [0.4, 0.5) is 22.9 Å². The maximum atomic E-state index is 12.6. The molecule has 2 rings (SSSR count). The zero-order chi connectivity index (χ0) is 25.3. The van der Waals surface area contributed by atoms with Crippen LogP contribution in [0, 0.1) is 6.92 Å². The highest BCUT2D eigenvalue weighted by Gasteiger charge is 2.20. The average Bonchev–Trinajstić information content (AvgIpc) is 2.81. The number of nitrogens with zero attached hydrogens (tertiary/aromatic N) is 2. The van der Waals surface area contributed by atoms with Crippen LogP contribution in [0.15, 0.2) is 54.1 Å². The van der Waals surface area contributed by atoms with Gasteiger partial charge in [-0.3, -0.25) is 9.63 Å². The number of para-hydroxylation sites is 1. The molecular weight excluding hydrogens is 454 g/mol. The van der Waals surface area contributed by atoms with Crippen molar-refractivity contribution in [1.29, 1.82) is 0 Å². The summed E-state index contributed by atoms with van der Waals surface area (Å²) in [7, 11) is 4.72. The van der Waals surface area contributed by atoms with Crippen LogP contribution < -0.4 is 20.4 Å². The van der Waals surface area contributed by atoms with Gasteiger partial charge in [0.05, 0.1) is 55.3 Å². The summed E-state index contributed by atoms with van der Waals surface area (Å²) < 4.78 is 19.3. The minimum atomic E-state index is -1.24. The van der Waals surface area contributed by atoms with Gasteiger partial charge in [0.15, 0.2) is 0 Å². The molecule has 1 atom stereocenters. The summed E-state index contributed by atoms with van der Waals surface area (Å²) in [5.41, 5.74) is 6.22. The third-order valence-electron chi connectivity index (χ3n) is 5.02. The molecule has 0 bridgehead atoms. The second-order valence-corrected chi connectivity index (χ2v) is 8.77. The Labute approximate surface area is 204 Å². The molecule has 0 radical (unpaired) electrons.